The van der Waals surface area contributed by atoms with Gasteiger partial charge in [-0.3, -0.25) is 9.59 Å². The molecule has 144 valence electrons. The van der Waals surface area contributed by atoms with E-state index in [-0.39, 0.29) is 23.2 Å². The molecule has 2 aromatic carbocycles. The van der Waals surface area contributed by atoms with Crippen LogP contribution in [0.25, 0.3) is 0 Å². The van der Waals surface area contributed by atoms with Gasteiger partial charge in [0.15, 0.2) is 0 Å². The molecule has 2 N–H and O–H groups in total. The van der Waals surface area contributed by atoms with E-state index in [0.29, 0.717) is 16.4 Å². The summed E-state index contributed by atoms with van der Waals surface area (Å²) < 4.78 is 14.8. The van der Waals surface area contributed by atoms with E-state index >= 15 is 0 Å². The van der Waals surface area contributed by atoms with Gasteiger partial charge in [0.1, 0.15) is 16.7 Å². The molecule has 3 rings (SSSR count). The van der Waals surface area contributed by atoms with E-state index in [0.717, 1.165) is 11.6 Å². The Morgan fingerprint density at radius 3 is 2.46 bits per heavy atom. The number of aromatic nitrogens is 1. The van der Waals surface area contributed by atoms with Crippen molar-refractivity contribution in [3.8, 4) is 0 Å². The lowest BCUT2D eigenvalue weighted by Gasteiger charge is -2.09. The van der Waals surface area contributed by atoms with Gasteiger partial charge in [-0.05, 0) is 42.0 Å². The molecule has 28 heavy (non-hydrogen) atoms. The molecule has 0 fully saturated rings. The number of benzene rings is 2. The minimum Gasteiger partial charge on any atom is -0.347 e. The summed E-state index contributed by atoms with van der Waals surface area (Å²) >= 11 is 11.9. The number of carbonyl (C=O) groups excluding carboxylic acids is 2. The second-order valence-electron chi connectivity index (χ2n) is 6.07. The number of nitrogens with zero attached hydrogens (tertiary/aromatic N) is 1. The van der Waals surface area contributed by atoms with E-state index in [1.54, 1.807) is 25.2 Å². The van der Waals surface area contributed by atoms with Crippen LogP contribution in [0, 0.1) is 5.82 Å². The first-order valence-electron chi connectivity index (χ1n) is 8.30. The summed E-state index contributed by atoms with van der Waals surface area (Å²) in [6, 6.07) is 13.9. The van der Waals surface area contributed by atoms with Gasteiger partial charge in [0, 0.05) is 24.8 Å². The highest BCUT2D eigenvalue weighted by Crippen LogP contribution is 2.25. The van der Waals surface area contributed by atoms with Gasteiger partial charge in [0.05, 0.1) is 5.02 Å². The van der Waals surface area contributed by atoms with Crippen molar-refractivity contribution < 1.29 is 14.0 Å². The Morgan fingerprint density at radius 2 is 1.79 bits per heavy atom. The Kier molecular flexibility index (Phi) is 6.02. The Labute approximate surface area is 171 Å². The number of carbonyl (C=O) groups is 2. The molecule has 1 heterocycles. The van der Waals surface area contributed by atoms with Crippen LogP contribution in [0.3, 0.4) is 0 Å². The molecule has 0 saturated carbocycles. The van der Waals surface area contributed by atoms with Crippen LogP contribution in [-0.4, -0.2) is 16.4 Å². The van der Waals surface area contributed by atoms with Crippen molar-refractivity contribution in [3.05, 3.63) is 87.4 Å². The lowest BCUT2D eigenvalue weighted by molar-refractivity contribution is 0.0942. The van der Waals surface area contributed by atoms with Crippen LogP contribution in [0.15, 0.2) is 54.6 Å². The van der Waals surface area contributed by atoms with Crippen LogP contribution in [0.4, 0.5) is 10.1 Å². The highest BCUT2D eigenvalue weighted by molar-refractivity contribution is 6.41. The summed E-state index contributed by atoms with van der Waals surface area (Å²) in [5.41, 5.74) is 1.87. The summed E-state index contributed by atoms with van der Waals surface area (Å²) in [5.74, 6) is -1.23. The van der Waals surface area contributed by atoms with Crippen molar-refractivity contribution >= 4 is 40.7 Å². The van der Waals surface area contributed by atoms with Crippen LogP contribution in [0.2, 0.25) is 10.2 Å². The lowest BCUT2D eigenvalue weighted by atomic mass is 10.1. The topological polar surface area (TPSA) is 63.1 Å². The van der Waals surface area contributed by atoms with Crippen molar-refractivity contribution in [2.45, 2.75) is 6.54 Å². The zero-order valence-corrected chi connectivity index (χ0v) is 16.3. The van der Waals surface area contributed by atoms with Gasteiger partial charge < -0.3 is 15.2 Å². The maximum Gasteiger partial charge on any atom is 0.268 e. The summed E-state index contributed by atoms with van der Waals surface area (Å²) in [5, 5.41) is 6.07. The van der Waals surface area contributed by atoms with E-state index in [1.165, 1.54) is 28.8 Å². The maximum atomic E-state index is 13.3. The number of rotatable bonds is 5. The second-order valence-corrected chi connectivity index (χ2v) is 6.84. The number of hydrogen-bond donors (Lipinski definition) is 2. The highest BCUT2D eigenvalue weighted by Gasteiger charge is 2.15. The first kappa shape index (κ1) is 19.9. The van der Waals surface area contributed by atoms with Crippen LogP contribution < -0.4 is 10.6 Å². The van der Waals surface area contributed by atoms with Crippen molar-refractivity contribution in [3.63, 3.8) is 0 Å². The van der Waals surface area contributed by atoms with E-state index in [9.17, 15) is 14.0 Å². The summed E-state index contributed by atoms with van der Waals surface area (Å²) in [6.45, 7) is 0.239. The molecular formula is C20H16Cl2FN3O2. The molecule has 0 bridgehead atoms. The van der Waals surface area contributed by atoms with Crippen LogP contribution >= 0.6 is 23.2 Å². The van der Waals surface area contributed by atoms with Crippen LogP contribution in [-0.2, 0) is 13.6 Å². The van der Waals surface area contributed by atoms with Gasteiger partial charge in [-0.25, -0.2) is 4.39 Å². The fourth-order valence-electron chi connectivity index (χ4n) is 2.63. The maximum absolute atomic E-state index is 13.3. The molecule has 1 aromatic heterocycles. The zero-order valence-electron chi connectivity index (χ0n) is 14.8. The minimum absolute atomic E-state index is 0.219. The third-order valence-electron chi connectivity index (χ3n) is 4.07. The first-order valence-corrected chi connectivity index (χ1v) is 9.05. The third-order valence-corrected chi connectivity index (χ3v) is 4.92. The molecule has 3 aromatic rings. The van der Waals surface area contributed by atoms with Gasteiger partial charge in [0.2, 0.25) is 0 Å². The van der Waals surface area contributed by atoms with Crippen molar-refractivity contribution in [1.29, 1.82) is 0 Å². The minimum atomic E-state index is -0.481. The first-order chi connectivity index (χ1) is 13.3. The van der Waals surface area contributed by atoms with Gasteiger partial charge in [-0.1, -0.05) is 41.4 Å². The second kappa shape index (κ2) is 8.46. The molecule has 0 spiro atoms. The van der Waals surface area contributed by atoms with Gasteiger partial charge in [-0.2, -0.15) is 0 Å². The van der Waals surface area contributed by atoms with Gasteiger partial charge in [-0.15, -0.1) is 0 Å². The SMILES string of the molecule is Cn1c(C(=O)NCc2cccc(NC(=O)c3cccc(F)c3)c2)cc(Cl)c1Cl. The van der Waals surface area contributed by atoms with Gasteiger partial charge in [0.25, 0.3) is 11.8 Å². The predicted molar refractivity (Wildman–Crippen MR) is 107 cm³/mol. The average Bonchev–Trinajstić information content (AvgIpc) is 2.94. The highest BCUT2D eigenvalue weighted by atomic mass is 35.5. The number of hydrogen-bond acceptors (Lipinski definition) is 2. The fraction of sp³-hybridized carbons (Fsp3) is 0.100. The zero-order chi connectivity index (χ0) is 20.3. The monoisotopic (exact) mass is 419 g/mol. The molecule has 8 heteroatoms. The van der Waals surface area contributed by atoms with E-state index in [2.05, 4.69) is 10.6 Å². The summed E-state index contributed by atoms with van der Waals surface area (Å²) in [4.78, 5) is 24.6. The molecule has 2 amide bonds. The van der Waals surface area contributed by atoms with Gasteiger partial charge >= 0.3 is 0 Å². The number of anilines is 1. The normalized spacial score (nSPS) is 10.6. The number of amides is 2. The summed E-state index contributed by atoms with van der Waals surface area (Å²) in [7, 11) is 1.64. The van der Waals surface area contributed by atoms with Crippen molar-refractivity contribution in [2.24, 2.45) is 7.05 Å². The van der Waals surface area contributed by atoms with Crippen LogP contribution in [0.5, 0.6) is 0 Å². The fourth-order valence-corrected chi connectivity index (χ4v) is 3.00. The standard InChI is InChI=1S/C20H16Cl2FN3O2/c1-26-17(10-16(21)18(26)22)20(28)24-11-12-4-2-7-15(8-12)25-19(27)13-5-3-6-14(23)9-13/h2-10H,11H2,1H3,(H,24,28)(H,25,27). The molecule has 0 saturated heterocycles. The Balaban J connectivity index is 1.65. The smallest absolute Gasteiger partial charge is 0.268 e. The van der Waals surface area contributed by atoms with Crippen molar-refractivity contribution in [1.82, 2.24) is 9.88 Å². The molecule has 0 atom stereocenters. The third kappa shape index (κ3) is 4.52. The summed E-state index contributed by atoms with van der Waals surface area (Å²) in [6.07, 6.45) is 0. The number of halogens is 3. The lowest BCUT2D eigenvalue weighted by Crippen LogP contribution is -2.25. The van der Waals surface area contributed by atoms with E-state index in [4.69, 9.17) is 23.2 Å². The number of nitrogens with one attached hydrogen (secondary N) is 2. The molecular weight excluding hydrogens is 404 g/mol. The average molecular weight is 420 g/mol. The Bertz CT molecular complexity index is 1050. The Hall–Kier alpha value is -2.83. The molecule has 0 radical (unpaired) electrons. The molecule has 0 aliphatic carbocycles. The van der Waals surface area contributed by atoms with Crippen molar-refractivity contribution in [2.75, 3.05) is 5.32 Å². The predicted octanol–water partition coefficient (Wildman–Crippen LogP) is 4.65. The molecule has 0 aliphatic heterocycles. The molecule has 0 aliphatic rings. The van der Waals surface area contributed by atoms with E-state index < -0.39 is 11.7 Å². The largest absolute Gasteiger partial charge is 0.347 e. The van der Waals surface area contributed by atoms with E-state index in [1.807, 2.05) is 6.07 Å². The molecule has 5 nitrogen and oxygen atoms in total. The molecule has 0 unspecified atom stereocenters. The Morgan fingerprint density at radius 1 is 1.04 bits per heavy atom. The quantitative estimate of drug-likeness (QED) is 0.631. The van der Waals surface area contributed by atoms with Crippen LogP contribution in [0.1, 0.15) is 26.4 Å².